The Hall–Kier alpha value is -2.33. The number of pyridine rings is 1. The Labute approximate surface area is 118 Å². The van der Waals surface area contributed by atoms with Gasteiger partial charge in [0.1, 0.15) is 11.2 Å². The maximum Gasteiger partial charge on any atom is 0.250 e. The Kier molecular flexibility index (Phi) is 2.20. The largest absolute Gasteiger partial charge is 0.436 e. The first kappa shape index (κ1) is 11.5. The minimum atomic E-state index is -0.123. The quantitative estimate of drug-likeness (QED) is 0.496. The number of benzene rings is 1. The lowest BCUT2D eigenvalue weighted by atomic mass is 10.2. The van der Waals surface area contributed by atoms with Crippen molar-refractivity contribution in [3.63, 3.8) is 0 Å². The highest BCUT2D eigenvalue weighted by Gasteiger charge is 2.14. The first-order valence-corrected chi connectivity index (χ1v) is 6.52. The van der Waals surface area contributed by atoms with E-state index in [-0.39, 0.29) is 5.43 Å². The van der Waals surface area contributed by atoms with Crippen molar-refractivity contribution in [2.24, 2.45) is 0 Å². The standard InChI is InChI=1S/C15H9ClN2O2/c1-8-2-5-12-17-15-13(18(12)7-8)14(19)10-6-9(16)3-4-11(10)20-15/h2-7H,1H3. The molecule has 0 unspecified atom stereocenters. The summed E-state index contributed by atoms with van der Waals surface area (Å²) in [6.07, 6.45) is 1.87. The molecule has 4 nitrogen and oxygen atoms in total. The van der Waals surface area contributed by atoms with E-state index in [1.54, 1.807) is 22.6 Å². The molecule has 0 spiro atoms. The summed E-state index contributed by atoms with van der Waals surface area (Å²) in [5, 5.41) is 0.974. The van der Waals surface area contributed by atoms with Gasteiger partial charge in [0, 0.05) is 11.2 Å². The molecule has 4 aromatic rings. The van der Waals surface area contributed by atoms with Gasteiger partial charge >= 0.3 is 0 Å². The van der Waals surface area contributed by atoms with Gasteiger partial charge in [-0.3, -0.25) is 9.20 Å². The van der Waals surface area contributed by atoms with Crippen molar-refractivity contribution in [2.45, 2.75) is 6.92 Å². The lowest BCUT2D eigenvalue weighted by Gasteiger charge is -1.99. The summed E-state index contributed by atoms with van der Waals surface area (Å²) >= 11 is 5.96. The van der Waals surface area contributed by atoms with E-state index in [4.69, 9.17) is 16.0 Å². The van der Waals surface area contributed by atoms with Crippen LogP contribution in [0.25, 0.3) is 27.8 Å². The monoisotopic (exact) mass is 284 g/mol. The van der Waals surface area contributed by atoms with Crippen LogP contribution in [-0.4, -0.2) is 9.38 Å². The molecule has 20 heavy (non-hydrogen) atoms. The van der Waals surface area contributed by atoms with Gasteiger partial charge in [-0.2, -0.15) is 4.98 Å². The van der Waals surface area contributed by atoms with E-state index in [1.807, 2.05) is 25.3 Å². The number of imidazole rings is 1. The summed E-state index contributed by atoms with van der Waals surface area (Å²) in [5.41, 5.74) is 2.89. The number of aryl methyl sites for hydroxylation is 1. The summed E-state index contributed by atoms with van der Waals surface area (Å²) in [4.78, 5) is 17.0. The number of aromatic nitrogens is 2. The van der Waals surface area contributed by atoms with E-state index in [1.165, 1.54) is 0 Å². The van der Waals surface area contributed by atoms with Crippen LogP contribution in [0, 0.1) is 6.92 Å². The Morgan fingerprint density at radius 3 is 2.95 bits per heavy atom. The van der Waals surface area contributed by atoms with Crippen molar-refractivity contribution < 1.29 is 4.42 Å². The third-order valence-corrected chi connectivity index (χ3v) is 3.58. The van der Waals surface area contributed by atoms with Crippen molar-refractivity contribution in [1.82, 2.24) is 9.38 Å². The molecule has 0 aliphatic rings. The number of nitrogens with zero attached hydrogens (tertiary/aromatic N) is 2. The molecule has 0 amide bonds. The van der Waals surface area contributed by atoms with E-state index in [0.717, 1.165) is 5.56 Å². The van der Waals surface area contributed by atoms with Gasteiger partial charge in [0.25, 0.3) is 0 Å². The number of rotatable bonds is 0. The average molecular weight is 285 g/mol. The van der Waals surface area contributed by atoms with Crippen LogP contribution >= 0.6 is 11.6 Å². The average Bonchev–Trinajstić information content (AvgIpc) is 2.77. The Morgan fingerprint density at radius 1 is 1.25 bits per heavy atom. The summed E-state index contributed by atoms with van der Waals surface area (Å²) in [6, 6.07) is 8.81. The molecule has 98 valence electrons. The zero-order chi connectivity index (χ0) is 13.9. The first-order chi connectivity index (χ1) is 9.63. The molecule has 4 rings (SSSR count). The summed E-state index contributed by atoms with van der Waals surface area (Å²) in [6.45, 7) is 1.96. The van der Waals surface area contributed by atoms with Gasteiger partial charge in [-0.1, -0.05) is 17.7 Å². The van der Waals surface area contributed by atoms with Gasteiger partial charge in [0.05, 0.1) is 5.39 Å². The molecule has 0 bridgehead atoms. The smallest absolute Gasteiger partial charge is 0.250 e. The van der Waals surface area contributed by atoms with Gasteiger partial charge in [0.15, 0.2) is 5.52 Å². The molecule has 3 aromatic heterocycles. The number of hydrogen-bond donors (Lipinski definition) is 0. The summed E-state index contributed by atoms with van der Waals surface area (Å²) in [7, 11) is 0. The van der Waals surface area contributed by atoms with E-state index in [0.29, 0.717) is 32.9 Å². The van der Waals surface area contributed by atoms with Crippen LogP contribution in [0.5, 0.6) is 0 Å². The predicted octanol–water partition coefficient (Wildman–Crippen LogP) is 3.56. The van der Waals surface area contributed by atoms with Crippen molar-refractivity contribution in [1.29, 1.82) is 0 Å². The van der Waals surface area contributed by atoms with E-state index < -0.39 is 0 Å². The minimum absolute atomic E-state index is 0.123. The van der Waals surface area contributed by atoms with Gasteiger partial charge in [-0.05, 0) is 36.8 Å². The van der Waals surface area contributed by atoms with Gasteiger partial charge in [-0.25, -0.2) is 0 Å². The SMILES string of the molecule is Cc1ccc2nc3oc4ccc(Cl)cc4c(=O)c3n2c1. The molecule has 1 aromatic carbocycles. The van der Waals surface area contributed by atoms with Crippen molar-refractivity contribution in [3.8, 4) is 0 Å². The van der Waals surface area contributed by atoms with Gasteiger partial charge < -0.3 is 4.42 Å². The van der Waals surface area contributed by atoms with E-state index in [9.17, 15) is 4.79 Å². The van der Waals surface area contributed by atoms with Crippen LogP contribution in [0.1, 0.15) is 5.56 Å². The molecular weight excluding hydrogens is 276 g/mol. The van der Waals surface area contributed by atoms with Crippen LogP contribution in [0.2, 0.25) is 5.02 Å². The molecule has 0 saturated carbocycles. The van der Waals surface area contributed by atoms with Gasteiger partial charge in [0.2, 0.25) is 11.1 Å². The highest BCUT2D eigenvalue weighted by molar-refractivity contribution is 6.31. The second kappa shape index (κ2) is 3.84. The van der Waals surface area contributed by atoms with Gasteiger partial charge in [-0.15, -0.1) is 0 Å². The zero-order valence-electron chi connectivity index (χ0n) is 10.6. The van der Waals surface area contributed by atoms with Crippen LogP contribution in [-0.2, 0) is 0 Å². The lowest BCUT2D eigenvalue weighted by molar-refractivity contribution is 0.648. The van der Waals surface area contributed by atoms with Crippen molar-refractivity contribution >= 4 is 39.4 Å². The molecule has 0 aliphatic heterocycles. The summed E-state index contributed by atoms with van der Waals surface area (Å²) < 4.78 is 7.48. The zero-order valence-corrected chi connectivity index (χ0v) is 11.3. The molecule has 0 saturated heterocycles. The van der Waals surface area contributed by atoms with E-state index in [2.05, 4.69) is 4.98 Å². The number of halogens is 1. The van der Waals surface area contributed by atoms with Crippen molar-refractivity contribution in [3.05, 3.63) is 57.3 Å². The second-order valence-corrected chi connectivity index (χ2v) is 5.21. The van der Waals surface area contributed by atoms with Crippen LogP contribution < -0.4 is 5.43 Å². The fourth-order valence-corrected chi connectivity index (χ4v) is 2.58. The van der Waals surface area contributed by atoms with Crippen LogP contribution in [0.15, 0.2) is 45.7 Å². The molecule has 5 heteroatoms. The van der Waals surface area contributed by atoms with Crippen LogP contribution in [0.3, 0.4) is 0 Å². The Morgan fingerprint density at radius 2 is 2.10 bits per heavy atom. The second-order valence-electron chi connectivity index (χ2n) is 4.77. The molecule has 0 N–H and O–H groups in total. The number of hydrogen-bond acceptors (Lipinski definition) is 3. The maximum absolute atomic E-state index is 12.6. The normalized spacial score (nSPS) is 11.7. The van der Waals surface area contributed by atoms with E-state index >= 15 is 0 Å². The molecule has 0 radical (unpaired) electrons. The van der Waals surface area contributed by atoms with Crippen LogP contribution in [0.4, 0.5) is 0 Å². The number of fused-ring (bicyclic) bond motifs is 4. The summed E-state index contributed by atoms with van der Waals surface area (Å²) in [5.74, 6) is 0. The molecular formula is C15H9ClN2O2. The molecule has 0 atom stereocenters. The minimum Gasteiger partial charge on any atom is -0.436 e. The Balaban J connectivity index is 2.32. The highest BCUT2D eigenvalue weighted by Crippen LogP contribution is 2.22. The first-order valence-electron chi connectivity index (χ1n) is 6.14. The third kappa shape index (κ3) is 1.48. The lowest BCUT2D eigenvalue weighted by Crippen LogP contribution is -2.04. The fourth-order valence-electron chi connectivity index (χ4n) is 2.41. The topological polar surface area (TPSA) is 47.5 Å². The highest BCUT2D eigenvalue weighted by atomic mass is 35.5. The molecule has 0 fully saturated rings. The molecule has 0 aliphatic carbocycles. The van der Waals surface area contributed by atoms with Crippen molar-refractivity contribution in [2.75, 3.05) is 0 Å². The fraction of sp³-hybridized carbons (Fsp3) is 0.0667. The maximum atomic E-state index is 12.6. The molecule has 3 heterocycles. The predicted molar refractivity (Wildman–Crippen MR) is 78.5 cm³/mol. The third-order valence-electron chi connectivity index (χ3n) is 3.34. The Bertz CT molecular complexity index is 1050.